The minimum Gasteiger partial charge on any atom is -0.0622 e. The van der Waals surface area contributed by atoms with Gasteiger partial charge < -0.3 is 0 Å². The highest BCUT2D eigenvalue weighted by Crippen LogP contribution is 2.32. The molecule has 0 aliphatic heterocycles. The zero-order valence-corrected chi connectivity index (χ0v) is 15.5. The summed E-state index contributed by atoms with van der Waals surface area (Å²) in [6.45, 7) is 0. The van der Waals surface area contributed by atoms with Gasteiger partial charge in [0.25, 0.3) is 0 Å². The van der Waals surface area contributed by atoms with E-state index >= 15 is 0 Å². The Bertz CT molecular complexity index is 1240. The molecule has 0 spiro atoms. The number of rotatable bonds is 3. The third-order valence-corrected chi connectivity index (χ3v) is 5.27. The molecule has 0 radical (unpaired) electrons. The van der Waals surface area contributed by atoms with Gasteiger partial charge in [-0.15, -0.1) is 0 Å². The number of hydrogen-bond acceptors (Lipinski definition) is 0. The third-order valence-electron chi connectivity index (χ3n) is 5.27. The fraction of sp³-hybridized carbons (Fsp3) is 0. The predicted octanol–water partition coefficient (Wildman–Crippen LogP) is 7.84. The Morgan fingerprint density at radius 3 is 1.61 bits per heavy atom. The molecule has 5 rings (SSSR count). The van der Waals surface area contributed by atoms with Gasteiger partial charge in [-0.3, -0.25) is 0 Å². The van der Waals surface area contributed by atoms with Crippen LogP contribution in [0.15, 0.2) is 121 Å². The smallest absolute Gasteiger partial charge is 0.0105 e. The molecule has 0 heteroatoms. The van der Waals surface area contributed by atoms with Crippen LogP contribution in [0.5, 0.6) is 0 Å². The van der Waals surface area contributed by atoms with E-state index in [-0.39, 0.29) is 0 Å². The zero-order chi connectivity index (χ0) is 18.8. The monoisotopic (exact) mass is 356 g/mol. The summed E-state index contributed by atoms with van der Waals surface area (Å²) < 4.78 is 0. The molecule has 0 aliphatic rings. The molecule has 0 heterocycles. The molecule has 5 aromatic carbocycles. The van der Waals surface area contributed by atoms with Crippen molar-refractivity contribution in [1.29, 1.82) is 0 Å². The van der Waals surface area contributed by atoms with E-state index in [9.17, 15) is 0 Å². The van der Waals surface area contributed by atoms with Crippen LogP contribution in [-0.2, 0) is 0 Å². The molecule has 0 amide bonds. The average Bonchev–Trinajstić information content (AvgIpc) is 2.79. The first-order chi connectivity index (χ1) is 13.9. The van der Waals surface area contributed by atoms with Crippen molar-refractivity contribution in [2.45, 2.75) is 0 Å². The van der Waals surface area contributed by atoms with Crippen molar-refractivity contribution in [3.8, 4) is 33.4 Å². The lowest BCUT2D eigenvalue weighted by Gasteiger charge is -2.10. The van der Waals surface area contributed by atoms with Crippen molar-refractivity contribution in [2.24, 2.45) is 0 Å². The maximum absolute atomic E-state index is 2.30. The number of fused-ring (bicyclic) bond motifs is 1. The molecule has 132 valence electrons. The van der Waals surface area contributed by atoms with Crippen LogP contribution >= 0.6 is 0 Å². The van der Waals surface area contributed by atoms with Crippen LogP contribution in [0.25, 0.3) is 44.2 Å². The molecule has 0 aromatic heterocycles. The van der Waals surface area contributed by atoms with E-state index in [1.807, 2.05) is 0 Å². The second kappa shape index (κ2) is 7.17. The molecule has 0 saturated carbocycles. The lowest BCUT2D eigenvalue weighted by atomic mass is 9.94. The Morgan fingerprint density at radius 1 is 0.321 bits per heavy atom. The molecule has 0 aliphatic carbocycles. The first-order valence-electron chi connectivity index (χ1n) is 9.62. The van der Waals surface area contributed by atoms with Crippen LogP contribution in [0, 0.1) is 0 Å². The summed E-state index contributed by atoms with van der Waals surface area (Å²) in [5.41, 5.74) is 7.49. The SMILES string of the molecule is c1ccc(-c2cccc(-c3cccc(-c4cccc5ccccc45)c3)c2)cc1. The molecule has 0 N–H and O–H groups in total. The number of hydrogen-bond donors (Lipinski definition) is 0. The van der Waals surface area contributed by atoms with E-state index < -0.39 is 0 Å². The van der Waals surface area contributed by atoms with Gasteiger partial charge in [0, 0.05) is 0 Å². The topological polar surface area (TPSA) is 0 Å². The molecule has 0 saturated heterocycles. The molecule has 0 atom stereocenters. The highest BCUT2D eigenvalue weighted by atomic mass is 14.1. The molecular weight excluding hydrogens is 336 g/mol. The molecule has 0 fully saturated rings. The highest BCUT2D eigenvalue weighted by molar-refractivity contribution is 5.97. The summed E-state index contributed by atoms with van der Waals surface area (Å²) in [4.78, 5) is 0. The first kappa shape index (κ1) is 16.5. The molecule has 28 heavy (non-hydrogen) atoms. The Kier molecular flexibility index (Phi) is 4.23. The molecule has 5 aromatic rings. The summed E-state index contributed by atoms with van der Waals surface area (Å²) in [5, 5.41) is 2.57. The molecule has 0 nitrogen and oxygen atoms in total. The zero-order valence-electron chi connectivity index (χ0n) is 15.5. The lowest BCUT2D eigenvalue weighted by Crippen LogP contribution is -1.84. The van der Waals surface area contributed by atoms with Gasteiger partial charge in [-0.2, -0.15) is 0 Å². The fourth-order valence-electron chi connectivity index (χ4n) is 3.85. The van der Waals surface area contributed by atoms with E-state index in [4.69, 9.17) is 0 Å². The fourth-order valence-corrected chi connectivity index (χ4v) is 3.85. The van der Waals surface area contributed by atoms with Crippen LogP contribution in [0.3, 0.4) is 0 Å². The normalized spacial score (nSPS) is 10.9. The van der Waals surface area contributed by atoms with Crippen LogP contribution in [-0.4, -0.2) is 0 Å². The lowest BCUT2D eigenvalue weighted by molar-refractivity contribution is 1.58. The van der Waals surface area contributed by atoms with E-state index in [2.05, 4.69) is 121 Å². The summed E-state index contributed by atoms with van der Waals surface area (Å²) in [7, 11) is 0. The van der Waals surface area contributed by atoms with Gasteiger partial charge in [0.05, 0.1) is 0 Å². The highest BCUT2D eigenvalue weighted by Gasteiger charge is 2.06. The maximum atomic E-state index is 2.30. The summed E-state index contributed by atoms with van der Waals surface area (Å²) in [6, 6.07) is 43.3. The van der Waals surface area contributed by atoms with Gasteiger partial charge >= 0.3 is 0 Å². The van der Waals surface area contributed by atoms with Crippen LogP contribution in [0.1, 0.15) is 0 Å². The number of benzene rings is 5. The van der Waals surface area contributed by atoms with Crippen molar-refractivity contribution in [3.63, 3.8) is 0 Å². The van der Waals surface area contributed by atoms with E-state index in [1.54, 1.807) is 0 Å². The van der Waals surface area contributed by atoms with Gasteiger partial charge in [0.2, 0.25) is 0 Å². The standard InChI is InChI=1S/C28H20/c1-2-9-21(10-3-1)23-13-6-14-24(19-23)25-15-7-16-26(20-25)28-18-8-12-22-11-4-5-17-27(22)28/h1-20H. The third kappa shape index (κ3) is 3.10. The van der Waals surface area contributed by atoms with Gasteiger partial charge in [0.1, 0.15) is 0 Å². The largest absolute Gasteiger partial charge is 0.0622 e. The minimum absolute atomic E-state index is 1.24. The van der Waals surface area contributed by atoms with E-state index in [0.29, 0.717) is 0 Å². The second-order valence-corrected chi connectivity index (χ2v) is 7.05. The molecular formula is C28H20. The van der Waals surface area contributed by atoms with Crippen molar-refractivity contribution in [2.75, 3.05) is 0 Å². The first-order valence-corrected chi connectivity index (χ1v) is 9.62. The second-order valence-electron chi connectivity index (χ2n) is 7.05. The average molecular weight is 356 g/mol. The Balaban J connectivity index is 1.60. The van der Waals surface area contributed by atoms with Gasteiger partial charge in [-0.25, -0.2) is 0 Å². The summed E-state index contributed by atoms with van der Waals surface area (Å²) in [6.07, 6.45) is 0. The minimum atomic E-state index is 1.24. The van der Waals surface area contributed by atoms with Gasteiger partial charge in [-0.1, -0.05) is 109 Å². The van der Waals surface area contributed by atoms with Crippen LogP contribution < -0.4 is 0 Å². The van der Waals surface area contributed by atoms with Crippen LogP contribution in [0.4, 0.5) is 0 Å². The van der Waals surface area contributed by atoms with Crippen molar-refractivity contribution in [3.05, 3.63) is 121 Å². The van der Waals surface area contributed by atoms with Gasteiger partial charge in [0.15, 0.2) is 0 Å². The molecule has 0 unspecified atom stereocenters. The predicted molar refractivity (Wildman–Crippen MR) is 120 cm³/mol. The summed E-state index contributed by atoms with van der Waals surface area (Å²) in [5.74, 6) is 0. The van der Waals surface area contributed by atoms with Crippen molar-refractivity contribution in [1.82, 2.24) is 0 Å². The quantitative estimate of drug-likeness (QED) is 0.309. The molecule has 0 bridgehead atoms. The van der Waals surface area contributed by atoms with Gasteiger partial charge in [-0.05, 0) is 56.3 Å². The van der Waals surface area contributed by atoms with E-state index in [1.165, 1.54) is 44.2 Å². The van der Waals surface area contributed by atoms with Crippen molar-refractivity contribution < 1.29 is 0 Å². The Morgan fingerprint density at radius 2 is 0.821 bits per heavy atom. The van der Waals surface area contributed by atoms with Crippen LogP contribution in [0.2, 0.25) is 0 Å². The van der Waals surface area contributed by atoms with Crippen molar-refractivity contribution >= 4 is 10.8 Å². The maximum Gasteiger partial charge on any atom is -0.0105 e. The van der Waals surface area contributed by atoms with E-state index in [0.717, 1.165) is 0 Å². The Hall–Kier alpha value is -3.64. The Labute approximate surface area is 165 Å². The summed E-state index contributed by atoms with van der Waals surface area (Å²) >= 11 is 0.